The number of benzene rings is 1. The number of rotatable bonds is 13. The summed E-state index contributed by atoms with van der Waals surface area (Å²) in [6.07, 6.45) is 0.120. The molecule has 1 unspecified atom stereocenters. The van der Waals surface area contributed by atoms with Crippen LogP contribution in [0.25, 0.3) is 0 Å². The second-order valence-corrected chi connectivity index (χ2v) is 9.51. The van der Waals surface area contributed by atoms with Crippen molar-refractivity contribution < 1.29 is 27.9 Å². The minimum absolute atomic E-state index is 0.165. The van der Waals surface area contributed by atoms with Gasteiger partial charge in [-0.25, -0.2) is 9.36 Å². The monoisotopic (exact) mass is 497 g/mol. The van der Waals surface area contributed by atoms with E-state index in [-0.39, 0.29) is 18.5 Å². The summed E-state index contributed by atoms with van der Waals surface area (Å²) >= 11 is 0. The van der Waals surface area contributed by atoms with Gasteiger partial charge in [0.05, 0.1) is 18.8 Å². The van der Waals surface area contributed by atoms with Crippen LogP contribution in [0.1, 0.15) is 47.3 Å². The van der Waals surface area contributed by atoms with Gasteiger partial charge in [0.15, 0.2) is 0 Å². The van der Waals surface area contributed by atoms with Crippen LogP contribution in [0.2, 0.25) is 0 Å². The first-order valence-electron chi connectivity index (χ1n) is 11.0. The third kappa shape index (κ3) is 8.57. The first kappa shape index (κ1) is 27.5. The van der Waals surface area contributed by atoms with Crippen molar-refractivity contribution in [2.45, 2.75) is 65.5 Å². The SMILES string of the molecule is CC[C@@H](COP(=O)(N[C@@H](C)C(=O)OC(C)C)Oc1ccccc1)O[C@H](C)n1ccc(=O)[nH]c1=O. The Balaban J connectivity index is 2.13. The number of para-hydroxylation sites is 1. The van der Waals surface area contributed by atoms with Gasteiger partial charge in [0.2, 0.25) is 0 Å². The molecule has 0 aliphatic heterocycles. The molecule has 0 aliphatic rings. The molecule has 2 aromatic rings. The maximum atomic E-state index is 13.5. The van der Waals surface area contributed by atoms with Crippen molar-refractivity contribution in [2.24, 2.45) is 0 Å². The molecule has 0 spiro atoms. The zero-order chi connectivity index (χ0) is 25.3. The van der Waals surface area contributed by atoms with E-state index in [1.54, 1.807) is 51.1 Å². The Kier molecular flexibility index (Phi) is 10.2. The predicted molar refractivity (Wildman–Crippen MR) is 126 cm³/mol. The van der Waals surface area contributed by atoms with E-state index in [1.165, 1.54) is 23.8 Å². The van der Waals surface area contributed by atoms with Gasteiger partial charge >= 0.3 is 19.4 Å². The number of ether oxygens (including phenoxy) is 2. The number of carbonyl (C=O) groups is 1. The van der Waals surface area contributed by atoms with Crippen molar-refractivity contribution in [1.29, 1.82) is 0 Å². The predicted octanol–water partition coefficient (Wildman–Crippen LogP) is 2.98. The minimum atomic E-state index is -4.04. The Hall–Kier alpha value is -2.72. The molecule has 1 heterocycles. The van der Waals surface area contributed by atoms with E-state index in [0.29, 0.717) is 6.42 Å². The fraction of sp³-hybridized carbons (Fsp3) is 0.500. The molecule has 0 fully saturated rings. The molecule has 4 atom stereocenters. The van der Waals surface area contributed by atoms with Gasteiger partial charge in [0.25, 0.3) is 5.56 Å². The summed E-state index contributed by atoms with van der Waals surface area (Å²) in [6.45, 7) is 8.20. The normalized spacial score (nSPS) is 15.8. The van der Waals surface area contributed by atoms with Crippen LogP contribution in [-0.4, -0.2) is 40.4 Å². The van der Waals surface area contributed by atoms with Gasteiger partial charge in [-0.15, -0.1) is 0 Å². The van der Waals surface area contributed by atoms with Crippen LogP contribution in [0, 0.1) is 0 Å². The van der Waals surface area contributed by atoms with Crippen molar-refractivity contribution in [2.75, 3.05) is 6.61 Å². The molecule has 34 heavy (non-hydrogen) atoms. The lowest BCUT2D eigenvalue weighted by molar-refractivity contribution is -0.149. The molecular formula is C22H32N3O8P. The molecule has 0 amide bonds. The molecule has 0 radical (unpaired) electrons. The highest BCUT2D eigenvalue weighted by Gasteiger charge is 2.33. The van der Waals surface area contributed by atoms with Crippen LogP contribution in [0.3, 0.4) is 0 Å². The number of nitrogens with one attached hydrogen (secondary N) is 2. The van der Waals surface area contributed by atoms with E-state index < -0.39 is 43.3 Å². The molecule has 1 aromatic carbocycles. The van der Waals surface area contributed by atoms with E-state index in [2.05, 4.69) is 10.1 Å². The van der Waals surface area contributed by atoms with Crippen LogP contribution in [0.5, 0.6) is 5.75 Å². The van der Waals surface area contributed by atoms with Gasteiger partial charge in [-0.1, -0.05) is 25.1 Å². The standard InChI is InChI=1S/C22H32N3O8P/c1-6-18(32-17(5)25-13-12-20(26)23-22(25)28)14-30-34(29,33-19-10-8-7-9-11-19)24-16(4)21(27)31-15(2)3/h7-13,15-18H,6,14H2,1-5H3,(H,24,29)(H,23,26,28)/t16-,17+,18-,34?/m0/s1. The first-order valence-corrected chi connectivity index (χ1v) is 12.5. The van der Waals surface area contributed by atoms with Gasteiger partial charge < -0.3 is 14.0 Å². The highest BCUT2D eigenvalue weighted by Crippen LogP contribution is 2.45. The summed E-state index contributed by atoms with van der Waals surface area (Å²) in [6, 6.07) is 8.63. The Bertz CT molecular complexity index is 1090. The second-order valence-electron chi connectivity index (χ2n) is 7.82. The number of hydrogen-bond donors (Lipinski definition) is 2. The lowest BCUT2D eigenvalue weighted by Gasteiger charge is -2.26. The molecular weight excluding hydrogens is 465 g/mol. The summed E-state index contributed by atoms with van der Waals surface area (Å²) in [5, 5.41) is 2.61. The first-order chi connectivity index (χ1) is 16.0. The third-order valence-corrected chi connectivity index (χ3v) is 6.19. The van der Waals surface area contributed by atoms with Crippen LogP contribution < -0.4 is 20.9 Å². The molecule has 2 rings (SSSR count). The average Bonchev–Trinajstić information content (AvgIpc) is 2.76. The molecule has 0 aliphatic carbocycles. The summed E-state index contributed by atoms with van der Waals surface area (Å²) in [7, 11) is -4.04. The topological polar surface area (TPSA) is 138 Å². The minimum Gasteiger partial charge on any atom is -0.462 e. The summed E-state index contributed by atoms with van der Waals surface area (Å²) in [5.41, 5.74) is -1.13. The highest BCUT2D eigenvalue weighted by molar-refractivity contribution is 7.52. The fourth-order valence-electron chi connectivity index (χ4n) is 2.83. The van der Waals surface area contributed by atoms with Crippen molar-refractivity contribution in [1.82, 2.24) is 14.6 Å². The van der Waals surface area contributed by atoms with Crippen LogP contribution >= 0.6 is 7.75 Å². The summed E-state index contributed by atoms with van der Waals surface area (Å²) < 4.78 is 37.0. The molecule has 0 saturated heterocycles. The largest absolute Gasteiger partial charge is 0.462 e. The van der Waals surface area contributed by atoms with Crippen LogP contribution in [0.15, 0.2) is 52.2 Å². The van der Waals surface area contributed by atoms with Gasteiger partial charge in [0, 0.05) is 12.3 Å². The number of aromatic nitrogens is 2. The highest BCUT2D eigenvalue weighted by atomic mass is 31.2. The van der Waals surface area contributed by atoms with Crippen molar-refractivity contribution in [3.63, 3.8) is 0 Å². The van der Waals surface area contributed by atoms with Gasteiger partial charge in [-0.2, -0.15) is 5.09 Å². The van der Waals surface area contributed by atoms with E-state index in [0.717, 1.165) is 0 Å². The molecule has 1 aromatic heterocycles. The van der Waals surface area contributed by atoms with E-state index in [9.17, 15) is 18.9 Å². The Morgan fingerprint density at radius 1 is 1.12 bits per heavy atom. The third-order valence-electron chi connectivity index (χ3n) is 4.54. The van der Waals surface area contributed by atoms with Crippen molar-refractivity contribution in [3.8, 4) is 5.75 Å². The smallest absolute Gasteiger partial charge is 0.459 e. The fourth-order valence-corrected chi connectivity index (χ4v) is 4.35. The Morgan fingerprint density at radius 2 is 1.79 bits per heavy atom. The number of esters is 1. The van der Waals surface area contributed by atoms with E-state index >= 15 is 0 Å². The van der Waals surface area contributed by atoms with Crippen LogP contribution in [-0.2, 0) is 23.4 Å². The lowest BCUT2D eigenvalue weighted by atomic mass is 10.3. The number of nitrogens with zero attached hydrogens (tertiary/aromatic N) is 1. The zero-order valence-corrected chi connectivity index (χ0v) is 20.8. The molecule has 188 valence electrons. The molecule has 0 saturated carbocycles. The Morgan fingerprint density at radius 3 is 2.38 bits per heavy atom. The molecule has 2 N–H and O–H groups in total. The van der Waals surface area contributed by atoms with Gasteiger partial charge in [-0.3, -0.25) is 23.7 Å². The molecule has 0 bridgehead atoms. The second kappa shape index (κ2) is 12.7. The van der Waals surface area contributed by atoms with Crippen molar-refractivity contribution in [3.05, 3.63) is 63.4 Å². The van der Waals surface area contributed by atoms with E-state index in [4.69, 9.17) is 18.5 Å². The number of carbonyl (C=O) groups excluding carboxylic acids is 1. The number of H-pyrrole nitrogens is 1. The lowest BCUT2D eigenvalue weighted by Crippen LogP contribution is -2.37. The van der Waals surface area contributed by atoms with Gasteiger partial charge in [0.1, 0.15) is 18.0 Å². The zero-order valence-electron chi connectivity index (χ0n) is 19.9. The maximum absolute atomic E-state index is 13.5. The maximum Gasteiger partial charge on any atom is 0.459 e. The number of hydrogen-bond acceptors (Lipinski definition) is 8. The quantitative estimate of drug-likeness (QED) is 0.316. The average molecular weight is 497 g/mol. The number of aromatic amines is 1. The van der Waals surface area contributed by atoms with Crippen LogP contribution in [0.4, 0.5) is 0 Å². The Labute approximate surface area is 198 Å². The summed E-state index contributed by atoms with van der Waals surface area (Å²) in [5.74, 6) is -0.324. The van der Waals surface area contributed by atoms with Crippen molar-refractivity contribution >= 4 is 13.7 Å². The summed E-state index contributed by atoms with van der Waals surface area (Å²) in [4.78, 5) is 37.7. The van der Waals surface area contributed by atoms with Gasteiger partial charge in [-0.05, 0) is 46.2 Å². The van der Waals surface area contributed by atoms with E-state index in [1.807, 2.05) is 6.92 Å². The molecule has 11 nitrogen and oxygen atoms in total. The molecule has 12 heteroatoms.